The molecule has 3 aromatic rings. The van der Waals surface area contributed by atoms with Gasteiger partial charge in [-0.25, -0.2) is 4.39 Å². The minimum absolute atomic E-state index is 0.229. The number of imide groups is 1. The Morgan fingerprint density at radius 3 is 2.25 bits per heavy atom. The Morgan fingerprint density at radius 1 is 0.906 bits per heavy atom. The SMILES string of the molecule is O=C1C[C@@H]([C@@]2(c3ccc(Cl)cc3)C(=O)Oc3ccc(Cl)cc32)C(=O)N1c1ccc(F)cc1. The Hall–Kier alpha value is -3.22. The highest BCUT2D eigenvalue weighted by Gasteiger charge is 2.62. The van der Waals surface area contributed by atoms with Gasteiger partial charge in [-0.3, -0.25) is 19.3 Å². The van der Waals surface area contributed by atoms with Crippen molar-refractivity contribution in [2.75, 3.05) is 4.90 Å². The van der Waals surface area contributed by atoms with Gasteiger partial charge in [0, 0.05) is 22.0 Å². The van der Waals surface area contributed by atoms with Gasteiger partial charge in [0.25, 0.3) is 0 Å². The molecule has 0 N–H and O–H groups in total. The van der Waals surface area contributed by atoms with Crippen LogP contribution in [0.25, 0.3) is 0 Å². The van der Waals surface area contributed by atoms with Crippen molar-refractivity contribution in [1.29, 1.82) is 0 Å². The molecule has 0 saturated carbocycles. The van der Waals surface area contributed by atoms with Gasteiger partial charge < -0.3 is 4.74 Å². The number of nitrogens with zero attached hydrogens (tertiary/aromatic N) is 1. The van der Waals surface area contributed by atoms with E-state index in [0.717, 1.165) is 17.0 Å². The van der Waals surface area contributed by atoms with E-state index in [1.54, 1.807) is 42.5 Å². The molecule has 5 nitrogen and oxygen atoms in total. The number of hydrogen-bond donors (Lipinski definition) is 0. The fourth-order valence-corrected chi connectivity index (χ4v) is 4.84. The number of ether oxygens (including phenoxy) is 1. The van der Waals surface area contributed by atoms with Crippen LogP contribution in [0.15, 0.2) is 66.7 Å². The molecule has 3 aromatic carbocycles. The van der Waals surface area contributed by atoms with Gasteiger partial charge in [-0.1, -0.05) is 35.3 Å². The topological polar surface area (TPSA) is 63.7 Å². The van der Waals surface area contributed by atoms with Gasteiger partial charge in [0.1, 0.15) is 17.0 Å². The molecule has 2 heterocycles. The summed E-state index contributed by atoms with van der Waals surface area (Å²) in [6.07, 6.45) is -0.236. The van der Waals surface area contributed by atoms with E-state index < -0.39 is 34.9 Å². The van der Waals surface area contributed by atoms with E-state index >= 15 is 0 Å². The van der Waals surface area contributed by atoms with E-state index in [-0.39, 0.29) is 17.9 Å². The fourth-order valence-electron chi connectivity index (χ4n) is 4.54. The number of hydrogen-bond acceptors (Lipinski definition) is 4. The van der Waals surface area contributed by atoms with Crippen molar-refractivity contribution in [3.05, 3.63) is 93.7 Å². The highest BCUT2D eigenvalue weighted by atomic mass is 35.5. The largest absolute Gasteiger partial charge is 0.425 e. The lowest BCUT2D eigenvalue weighted by atomic mass is 9.66. The van der Waals surface area contributed by atoms with E-state index in [1.165, 1.54) is 12.1 Å². The van der Waals surface area contributed by atoms with Crippen molar-refractivity contribution in [2.24, 2.45) is 5.92 Å². The average molecular weight is 470 g/mol. The zero-order chi connectivity index (χ0) is 22.6. The van der Waals surface area contributed by atoms with Crippen LogP contribution in [-0.4, -0.2) is 17.8 Å². The maximum absolute atomic E-state index is 13.6. The van der Waals surface area contributed by atoms with Crippen LogP contribution in [-0.2, 0) is 19.8 Å². The van der Waals surface area contributed by atoms with Gasteiger partial charge in [0.15, 0.2) is 0 Å². The predicted octanol–water partition coefficient (Wildman–Crippen LogP) is 4.92. The summed E-state index contributed by atoms with van der Waals surface area (Å²) in [4.78, 5) is 41.0. The zero-order valence-electron chi connectivity index (χ0n) is 16.3. The Labute approximate surface area is 192 Å². The smallest absolute Gasteiger partial charge is 0.327 e. The quantitative estimate of drug-likeness (QED) is 0.310. The highest BCUT2D eigenvalue weighted by molar-refractivity contribution is 6.31. The summed E-state index contributed by atoms with van der Waals surface area (Å²) in [5, 5.41) is 0.802. The van der Waals surface area contributed by atoms with Gasteiger partial charge in [0.05, 0.1) is 11.6 Å². The summed E-state index contributed by atoms with van der Waals surface area (Å²) in [5.74, 6) is -3.07. The second kappa shape index (κ2) is 7.43. The number of amides is 2. The molecule has 0 bridgehead atoms. The third-order valence-electron chi connectivity index (χ3n) is 5.94. The molecule has 0 radical (unpaired) electrons. The molecule has 1 saturated heterocycles. The van der Waals surface area contributed by atoms with Crippen LogP contribution in [0.5, 0.6) is 5.75 Å². The molecule has 0 unspecified atom stereocenters. The monoisotopic (exact) mass is 469 g/mol. The maximum Gasteiger partial charge on any atom is 0.327 e. The number of fused-ring (bicyclic) bond motifs is 1. The first kappa shape index (κ1) is 20.7. The molecule has 2 atom stereocenters. The molecule has 160 valence electrons. The molecule has 5 rings (SSSR count). The third-order valence-corrected chi connectivity index (χ3v) is 6.43. The van der Waals surface area contributed by atoms with Crippen LogP contribution in [0, 0.1) is 11.7 Å². The van der Waals surface area contributed by atoms with Gasteiger partial charge in [0.2, 0.25) is 11.8 Å². The number of benzene rings is 3. The van der Waals surface area contributed by atoms with Gasteiger partial charge >= 0.3 is 5.97 Å². The van der Waals surface area contributed by atoms with Gasteiger partial charge in [-0.05, 0) is 60.2 Å². The minimum Gasteiger partial charge on any atom is -0.425 e. The lowest BCUT2D eigenvalue weighted by molar-refractivity contribution is -0.141. The maximum atomic E-state index is 13.6. The van der Waals surface area contributed by atoms with E-state index in [2.05, 4.69) is 0 Å². The van der Waals surface area contributed by atoms with E-state index in [9.17, 15) is 18.8 Å². The molecule has 0 aromatic heterocycles. The van der Waals surface area contributed by atoms with Crippen molar-refractivity contribution in [2.45, 2.75) is 11.8 Å². The summed E-state index contributed by atoms with van der Waals surface area (Å²) in [7, 11) is 0. The number of anilines is 1. The molecule has 8 heteroatoms. The number of halogens is 3. The first-order valence-electron chi connectivity index (χ1n) is 9.73. The van der Waals surface area contributed by atoms with Crippen LogP contribution >= 0.6 is 23.2 Å². The molecule has 2 aliphatic rings. The van der Waals surface area contributed by atoms with Crippen LogP contribution in [0.3, 0.4) is 0 Å². The summed E-state index contributed by atoms with van der Waals surface area (Å²) in [5.41, 5.74) is -0.496. The normalized spacial score (nSPS) is 22.3. The summed E-state index contributed by atoms with van der Waals surface area (Å²) >= 11 is 12.3. The summed E-state index contributed by atoms with van der Waals surface area (Å²) in [6.45, 7) is 0. The van der Waals surface area contributed by atoms with E-state index in [0.29, 0.717) is 21.2 Å². The Balaban J connectivity index is 1.71. The second-order valence-corrected chi connectivity index (χ2v) is 8.52. The third kappa shape index (κ3) is 2.94. The van der Waals surface area contributed by atoms with Gasteiger partial charge in [-0.2, -0.15) is 0 Å². The summed E-state index contributed by atoms with van der Waals surface area (Å²) in [6, 6.07) is 16.2. The van der Waals surface area contributed by atoms with Crippen LogP contribution in [0.2, 0.25) is 10.0 Å². The van der Waals surface area contributed by atoms with Crippen molar-refractivity contribution < 1.29 is 23.5 Å². The van der Waals surface area contributed by atoms with Crippen molar-refractivity contribution in [3.63, 3.8) is 0 Å². The Morgan fingerprint density at radius 2 is 1.56 bits per heavy atom. The molecule has 2 amide bonds. The first-order valence-corrected chi connectivity index (χ1v) is 10.5. The van der Waals surface area contributed by atoms with E-state index in [1.807, 2.05) is 0 Å². The lowest BCUT2D eigenvalue weighted by Crippen LogP contribution is -2.46. The predicted molar refractivity (Wildman–Crippen MR) is 116 cm³/mol. The highest BCUT2D eigenvalue weighted by Crippen LogP contribution is 2.53. The molecule has 0 spiro atoms. The Kier molecular flexibility index (Phi) is 4.80. The minimum atomic E-state index is -1.59. The zero-order valence-corrected chi connectivity index (χ0v) is 17.9. The van der Waals surface area contributed by atoms with Gasteiger partial charge in [-0.15, -0.1) is 0 Å². The fraction of sp³-hybridized carbons (Fsp3) is 0.125. The Bertz CT molecular complexity index is 1280. The average Bonchev–Trinajstić information content (AvgIpc) is 3.22. The van der Waals surface area contributed by atoms with Crippen molar-refractivity contribution in [3.8, 4) is 5.75 Å². The standard InChI is InChI=1S/C24H14Cl2FNO4/c25-14-3-1-13(2-4-14)24(18-11-15(26)5-10-20(18)32-23(24)31)19-12-21(29)28(22(19)30)17-8-6-16(27)7-9-17/h1-11,19H,12H2/t19-,24+/m1/s1. The molecule has 32 heavy (non-hydrogen) atoms. The molecule has 1 fully saturated rings. The number of carbonyl (C=O) groups excluding carboxylic acids is 3. The number of esters is 1. The molecule has 2 aliphatic heterocycles. The lowest BCUT2D eigenvalue weighted by Gasteiger charge is -2.31. The van der Waals surface area contributed by atoms with Crippen LogP contribution < -0.4 is 9.64 Å². The number of rotatable bonds is 3. The van der Waals surface area contributed by atoms with Crippen molar-refractivity contribution in [1.82, 2.24) is 0 Å². The van der Waals surface area contributed by atoms with E-state index in [4.69, 9.17) is 27.9 Å². The summed E-state index contributed by atoms with van der Waals surface area (Å²) < 4.78 is 18.9. The molecular formula is C24H14Cl2FNO4. The van der Waals surface area contributed by atoms with Crippen molar-refractivity contribution >= 4 is 46.7 Å². The van der Waals surface area contributed by atoms with Crippen LogP contribution in [0.1, 0.15) is 17.5 Å². The van der Waals surface area contributed by atoms with Crippen LogP contribution in [0.4, 0.5) is 10.1 Å². The number of carbonyl (C=O) groups is 3. The molecular weight excluding hydrogens is 456 g/mol. The second-order valence-electron chi connectivity index (χ2n) is 7.65. The molecule has 0 aliphatic carbocycles. The first-order chi connectivity index (χ1) is 15.3.